The molecule has 0 aromatic rings. The zero-order chi connectivity index (χ0) is 16.0. The normalized spacial score (nSPS) is 21.0. The van der Waals surface area contributed by atoms with Gasteiger partial charge in [0.15, 0.2) is 0 Å². The second kappa shape index (κ2) is 7.78. The van der Waals surface area contributed by atoms with E-state index < -0.39 is 11.6 Å². The first-order valence-electron chi connectivity index (χ1n) is 7.83. The standard InChI is InChI=1S/C16H29NO4/c1-11(2)14(15(19)21-16(3,4)5)17-13(18)10-12-8-6-7-9-20-12/h11-12,14H,6-10H2,1-5H3,(H,17,18)/t12?,14-/m0/s1. The van der Waals surface area contributed by atoms with E-state index in [4.69, 9.17) is 9.47 Å². The van der Waals surface area contributed by atoms with E-state index in [0.29, 0.717) is 6.42 Å². The van der Waals surface area contributed by atoms with E-state index in [2.05, 4.69) is 5.32 Å². The molecule has 2 atom stereocenters. The van der Waals surface area contributed by atoms with Crippen LogP contribution in [0.3, 0.4) is 0 Å². The number of ether oxygens (including phenoxy) is 2. The summed E-state index contributed by atoms with van der Waals surface area (Å²) in [5.74, 6) is -0.544. The van der Waals surface area contributed by atoms with Crippen molar-refractivity contribution in [2.45, 2.75) is 78.0 Å². The first-order chi connectivity index (χ1) is 9.69. The van der Waals surface area contributed by atoms with Crippen molar-refractivity contribution in [3.05, 3.63) is 0 Å². The summed E-state index contributed by atoms with van der Waals surface area (Å²) in [5.41, 5.74) is -0.554. The van der Waals surface area contributed by atoms with Gasteiger partial charge in [-0.3, -0.25) is 4.79 Å². The topological polar surface area (TPSA) is 64.6 Å². The molecular formula is C16H29NO4. The third-order valence-electron chi connectivity index (χ3n) is 3.33. The SMILES string of the molecule is CC(C)[C@H](NC(=O)CC1CCCCO1)C(=O)OC(C)(C)C. The van der Waals surface area contributed by atoms with Crippen molar-refractivity contribution in [3.63, 3.8) is 0 Å². The van der Waals surface area contributed by atoms with Gasteiger partial charge in [0.1, 0.15) is 11.6 Å². The lowest BCUT2D eigenvalue weighted by molar-refractivity contribution is -0.160. The molecule has 1 rings (SSSR count). The van der Waals surface area contributed by atoms with Gasteiger partial charge in [-0.2, -0.15) is 0 Å². The molecule has 1 unspecified atom stereocenters. The molecular weight excluding hydrogens is 270 g/mol. The van der Waals surface area contributed by atoms with Gasteiger partial charge in [0.25, 0.3) is 0 Å². The Balaban J connectivity index is 2.52. The van der Waals surface area contributed by atoms with Crippen LogP contribution in [0.5, 0.6) is 0 Å². The van der Waals surface area contributed by atoms with E-state index in [1.807, 2.05) is 34.6 Å². The molecule has 0 radical (unpaired) electrons. The summed E-state index contributed by atoms with van der Waals surface area (Å²) in [6.45, 7) is 9.97. The Morgan fingerprint density at radius 3 is 2.43 bits per heavy atom. The molecule has 0 bridgehead atoms. The minimum absolute atomic E-state index is 0.0175. The fourth-order valence-corrected chi connectivity index (χ4v) is 2.27. The molecule has 1 aliphatic rings. The lowest BCUT2D eigenvalue weighted by atomic mass is 10.0. The lowest BCUT2D eigenvalue weighted by Crippen LogP contribution is -2.48. The minimum atomic E-state index is -0.611. The number of hydrogen-bond acceptors (Lipinski definition) is 4. The smallest absolute Gasteiger partial charge is 0.329 e. The van der Waals surface area contributed by atoms with Gasteiger partial charge in [-0.05, 0) is 46.0 Å². The highest BCUT2D eigenvalue weighted by molar-refractivity contribution is 5.85. The van der Waals surface area contributed by atoms with Crippen LogP contribution >= 0.6 is 0 Å². The monoisotopic (exact) mass is 299 g/mol. The number of esters is 1. The predicted molar refractivity (Wildman–Crippen MR) is 80.8 cm³/mol. The highest BCUT2D eigenvalue weighted by Gasteiger charge is 2.30. The molecule has 5 nitrogen and oxygen atoms in total. The Hall–Kier alpha value is -1.10. The molecule has 1 saturated heterocycles. The molecule has 0 aromatic carbocycles. The summed E-state index contributed by atoms with van der Waals surface area (Å²) in [6, 6.07) is -0.611. The van der Waals surface area contributed by atoms with Crippen LogP contribution in [0.2, 0.25) is 0 Å². The van der Waals surface area contributed by atoms with Gasteiger partial charge in [0, 0.05) is 6.61 Å². The van der Waals surface area contributed by atoms with E-state index >= 15 is 0 Å². The molecule has 1 amide bonds. The van der Waals surface area contributed by atoms with Gasteiger partial charge in [0.05, 0.1) is 12.5 Å². The molecule has 1 heterocycles. The summed E-state index contributed by atoms with van der Waals surface area (Å²) in [5, 5.41) is 2.79. The van der Waals surface area contributed by atoms with E-state index in [9.17, 15) is 9.59 Å². The van der Waals surface area contributed by atoms with E-state index in [0.717, 1.165) is 25.9 Å². The van der Waals surface area contributed by atoms with Crippen molar-refractivity contribution in [3.8, 4) is 0 Å². The van der Waals surface area contributed by atoms with Crippen LogP contribution < -0.4 is 5.32 Å². The molecule has 1 N–H and O–H groups in total. The number of nitrogens with one attached hydrogen (secondary N) is 1. The fourth-order valence-electron chi connectivity index (χ4n) is 2.27. The Bertz CT molecular complexity index is 354. The molecule has 0 spiro atoms. The number of rotatable bonds is 5. The van der Waals surface area contributed by atoms with Crippen molar-refractivity contribution in [1.82, 2.24) is 5.32 Å². The molecule has 5 heteroatoms. The maximum atomic E-state index is 12.2. The van der Waals surface area contributed by atoms with Crippen LogP contribution in [0, 0.1) is 5.92 Å². The summed E-state index contributed by atoms with van der Waals surface area (Å²) >= 11 is 0. The van der Waals surface area contributed by atoms with Gasteiger partial charge in [-0.15, -0.1) is 0 Å². The second-order valence-corrected chi connectivity index (χ2v) is 7.02. The quantitative estimate of drug-likeness (QED) is 0.792. The van der Waals surface area contributed by atoms with Gasteiger partial charge >= 0.3 is 5.97 Å². The molecule has 0 aliphatic carbocycles. The zero-order valence-corrected chi connectivity index (χ0v) is 13.9. The third kappa shape index (κ3) is 6.93. The maximum absolute atomic E-state index is 12.2. The highest BCUT2D eigenvalue weighted by atomic mass is 16.6. The fraction of sp³-hybridized carbons (Fsp3) is 0.875. The first kappa shape index (κ1) is 18.0. The van der Waals surface area contributed by atoms with Gasteiger partial charge in [-0.25, -0.2) is 4.79 Å². The number of hydrogen-bond donors (Lipinski definition) is 1. The van der Waals surface area contributed by atoms with Crippen LogP contribution in [0.1, 0.15) is 60.3 Å². The number of carbonyl (C=O) groups excluding carboxylic acids is 2. The molecule has 0 saturated carbocycles. The molecule has 21 heavy (non-hydrogen) atoms. The Morgan fingerprint density at radius 1 is 1.29 bits per heavy atom. The largest absolute Gasteiger partial charge is 0.458 e. The number of carbonyl (C=O) groups is 2. The predicted octanol–water partition coefficient (Wildman–Crippen LogP) is 2.43. The van der Waals surface area contributed by atoms with E-state index in [-0.39, 0.29) is 23.9 Å². The average Bonchev–Trinajstić information content (AvgIpc) is 2.34. The Labute approximate surface area is 127 Å². The second-order valence-electron chi connectivity index (χ2n) is 7.02. The maximum Gasteiger partial charge on any atom is 0.329 e. The van der Waals surface area contributed by atoms with Gasteiger partial charge < -0.3 is 14.8 Å². The third-order valence-corrected chi connectivity index (χ3v) is 3.33. The summed E-state index contributed by atoms with van der Waals surface area (Å²) in [4.78, 5) is 24.3. The van der Waals surface area contributed by atoms with Crippen LogP contribution in [0.25, 0.3) is 0 Å². The number of amides is 1. The summed E-state index contributed by atoms with van der Waals surface area (Å²) < 4.78 is 10.9. The van der Waals surface area contributed by atoms with Crippen LogP contribution in [-0.4, -0.2) is 36.2 Å². The van der Waals surface area contributed by atoms with Crippen LogP contribution in [-0.2, 0) is 19.1 Å². The van der Waals surface area contributed by atoms with Crippen LogP contribution in [0.15, 0.2) is 0 Å². The average molecular weight is 299 g/mol. The summed E-state index contributed by atoms with van der Waals surface area (Å²) in [6.07, 6.45) is 3.35. The molecule has 1 fully saturated rings. The summed E-state index contributed by atoms with van der Waals surface area (Å²) in [7, 11) is 0. The van der Waals surface area contributed by atoms with Crippen molar-refractivity contribution in [2.75, 3.05) is 6.61 Å². The van der Waals surface area contributed by atoms with Crippen molar-refractivity contribution in [1.29, 1.82) is 0 Å². The molecule has 1 aliphatic heterocycles. The zero-order valence-electron chi connectivity index (χ0n) is 13.9. The van der Waals surface area contributed by atoms with E-state index in [1.54, 1.807) is 0 Å². The van der Waals surface area contributed by atoms with Gasteiger partial charge in [-0.1, -0.05) is 13.8 Å². The molecule has 122 valence electrons. The first-order valence-corrected chi connectivity index (χ1v) is 7.83. The molecule has 0 aromatic heterocycles. The van der Waals surface area contributed by atoms with Gasteiger partial charge in [0.2, 0.25) is 5.91 Å². The lowest BCUT2D eigenvalue weighted by Gasteiger charge is -2.27. The minimum Gasteiger partial charge on any atom is -0.458 e. The Kier molecular flexibility index (Phi) is 6.65. The van der Waals surface area contributed by atoms with Crippen molar-refractivity contribution >= 4 is 11.9 Å². The van der Waals surface area contributed by atoms with Crippen molar-refractivity contribution < 1.29 is 19.1 Å². The highest BCUT2D eigenvalue weighted by Crippen LogP contribution is 2.16. The van der Waals surface area contributed by atoms with Crippen molar-refractivity contribution in [2.24, 2.45) is 5.92 Å². The van der Waals surface area contributed by atoms with E-state index in [1.165, 1.54) is 0 Å². The van der Waals surface area contributed by atoms with Crippen LogP contribution in [0.4, 0.5) is 0 Å². The Morgan fingerprint density at radius 2 is 1.95 bits per heavy atom.